The van der Waals surface area contributed by atoms with Gasteiger partial charge in [-0.3, -0.25) is 19.2 Å². The molecule has 0 radical (unpaired) electrons. The lowest BCUT2D eigenvalue weighted by atomic mass is 10.1. The Bertz CT molecular complexity index is 1080. The molecule has 3 aliphatic rings. The van der Waals surface area contributed by atoms with Gasteiger partial charge in [-0.25, -0.2) is 0 Å². The van der Waals surface area contributed by atoms with Crippen LogP contribution in [0.3, 0.4) is 0 Å². The molecule has 0 saturated carbocycles. The first kappa shape index (κ1) is 20.3. The number of rotatable bonds is 3. The Labute approximate surface area is 185 Å². The fourth-order valence-corrected chi connectivity index (χ4v) is 5.05. The van der Waals surface area contributed by atoms with E-state index in [9.17, 15) is 19.2 Å². The van der Waals surface area contributed by atoms with Crippen LogP contribution in [-0.2, 0) is 16.6 Å². The molecule has 2 aromatic rings. The SMILES string of the molecule is Cn1cccc1C(=O)N1CCC2NC(=O)C3CC(NC(=O)c4ccccc4)CN3C(=O)C21. The second-order valence-corrected chi connectivity index (χ2v) is 8.63. The fourth-order valence-electron chi connectivity index (χ4n) is 5.05. The van der Waals surface area contributed by atoms with E-state index in [0.717, 1.165) is 0 Å². The van der Waals surface area contributed by atoms with Gasteiger partial charge in [0.1, 0.15) is 17.8 Å². The molecule has 9 nitrogen and oxygen atoms in total. The van der Waals surface area contributed by atoms with Crippen molar-refractivity contribution in [2.24, 2.45) is 7.05 Å². The molecule has 4 amide bonds. The van der Waals surface area contributed by atoms with Gasteiger partial charge in [-0.1, -0.05) is 18.2 Å². The molecule has 32 heavy (non-hydrogen) atoms. The quantitative estimate of drug-likeness (QED) is 0.716. The van der Waals surface area contributed by atoms with Crippen molar-refractivity contribution in [3.8, 4) is 0 Å². The zero-order chi connectivity index (χ0) is 22.4. The van der Waals surface area contributed by atoms with Gasteiger partial charge in [0.2, 0.25) is 11.8 Å². The van der Waals surface area contributed by atoms with E-state index in [1.165, 1.54) is 4.90 Å². The normalized spacial score (nSPS) is 26.9. The molecule has 1 aromatic heterocycles. The molecule has 1 aromatic carbocycles. The topological polar surface area (TPSA) is 104 Å². The van der Waals surface area contributed by atoms with Crippen molar-refractivity contribution in [1.82, 2.24) is 25.0 Å². The Hall–Kier alpha value is -3.62. The number of aromatic nitrogens is 1. The number of carbonyl (C=O) groups is 4. The third kappa shape index (κ3) is 3.34. The fraction of sp³-hybridized carbons (Fsp3) is 0.391. The molecule has 4 atom stereocenters. The zero-order valence-corrected chi connectivity index (χ0v) is 17.7. The molecule has 4 unspecified atom stereocenters. The van der Waals surface area contributed by atoms with Gasteiger partial charge in [0, 0.05) is 37.9 Å². The molecule has 9 heteroatoms. The molecule has 3 aliphatic heterocycles. The van der Waals surface area contributed by atoms with Gasteiger partial charge in [-0.15, -0.1) is 0 Å². The van der Waals surface area contributed by atoms with Gasteiger partial charge >= 0.3 is 0 Å². The predicted octanol–water partition coefficient (Wildman–Crippen LogP) is 0.138. The summed E-state index contributed by atoms with van der Waals surface area (Å²) in [5.74, 6) is -0.926. The average molecular weight is 435 g/mol. The van der Waals surface area contributed by atoms with E-state index < -0.39 is 18.1 Å². The average Bonchev–Trinajstić information content (AvgIpc) is 3.50. The van der Waals surface area contributed by atoms with Gasteiger partial charge in [-0.2, -0.15) is 0 Å². The van der Waals surface area contributed by atoms with E-state index in [2.05, 4.69) is 10.6 Å². The van der Waals surface area contributed by atoms with Crippen molar-refractivity contribution in [1.29, 1.82) is 0 Å². The summed E-state index contributed by atoms with van der Waals surface area (Å²) in [4.78, 5) is 55.3. The number of carbonyl (C=O) groups excluding carboxylic acids is 4. The molecule has 0 spiro atoms. The van der Waals surface area contributed by atoms with Crippen LogP contribution in [0.4, 0.5) is 0 Å². The third-order valence-corrected chi connectivity index (χ3v) is 6.66. The second-order valence-electron chi connectivity index (χ2n) is 8.63. The van der Waals surface area contributed by atoms with Crippen molar-refractivity contribution in [2.75, 3.05) is 13.1 Å². The number of aryl methyl sites for hydroxylation is 1. The summed E-state index contributed by atoms with van der Waals surface area (Å²) in [6.45, 7) is 0.642. The Balaban J connectivity index is 1.35. The van der Waals surface area contributed by atoms with Gasteiger partial charge in [0.15, 0.2) is 0 Å². The lowest BCUT2D eigenvalue weighted by molar-refractivity contribution is -0.138. The van der Waals surface area contributed by atoms with Crippen LogP contribution in [0, 0.1) is 0 Å². The number of fused-ring (bicyclic) bond motifs is 2. The number of nitrogens with zero attached hydrogens (tertiary/aromatic N) is 3. The van der Waals surface area contributed by atoms with Crippen LogP contribution in [0.25, 0.3) is 0 Å². The molecule has 4 heterocycles. The molecule has 0 bridgehead atoms. The summed E-state index contributed by atoms with van der Waals surface area (Å²) < 4.78 is 1.73. The highest BCUT2D eigenvalue weighted by molar-refractivity contribution is 6.00. The molecule has 5 rings (SSSR count). The standard InChI is InChI=1S/C23H25N5O4/c1-26-10-5-8-17(26)22(31)27-11-9-16-19(27)23(32)28-13-15(12-18(28)21(30)25-16)24-20(29)14-6-3-2-4-7-14/h2-8,10,15-16,18-19H,9,11-13H2,1H3,(H,24,29)(H,25,30). The Morgan fingerprint density at radius 3 is 2.59 bits per heavy atom. The van der Waals surface area contributed by atoms with Crippen LogP contribution < -0.4 is 10.6 Å². The minimum absolute atomic E-state index is 0.223. The van der Waals surface area contributed by atoms with Crippen molar-refractivity contribution < 1.29 is 19.2 Å². The monoisotopic (exact) mass is 435 g/mol. The van der Waals surface area contributed by atoms with Gasteiger partial charge in [0.25, 0.3) is 11.8 Å². The lowest BCUT2D eigenvalue weighted by Gasteiger charge is -2.29. The maximum atomic E-state index is 13.5. The first-order valence-electron chi connectivity index (χ1n) is 10.8. The predicted molar refractivity (Wildman–Crippen MR) is 115 cm³/mol. The number of amides is 4. The van der Waals surface area contributed by atoms with E-state index in [1.54, 1.807) is 59.1 Å². The van der Waals surface area contributed by atoms with E-state index in [1.807, 2.05) is 6.07 Å². The molecular formula is C23H25N5O4. The Morgan fingerprint density at radius 2 is 1.88 bits per heavy atom. The van der Waals surface area contributed by atoms with Gasteiger partial charge < -0.3 is 25.0 Å². The molecule has 0 aliphatic carbocycles. The van der Waals surface area contributed by atoms with Crippen molar-refractivity contribution in [3.63, 3.8) is 0 Å². The number of nitrogens with one attached hydrogen (secondary N) is 2. The van der Waals surface area contributed by atoms with Gasteiger partial charge in [-0.05, 0) is 37.1 Å². The van der Waals surface area contributed by atoms with E-state index in [-0.39, 0.29) is 36.2 Å². The second kappa shape index (κ2) is 7.81. The van der Waals surface area contributed by atoms with Crippen molar-refractivity contribution >= 4 is 23.6 Å². The molecular weight excluding hydrogens is 410 g/mol. The first-order valence-corrected chi connectivity index (χ1v) is 10.8. The summed E-state index contributed by atoms with van der Waals surface area (Å²) in [7, 11) is 1.79. The zero-order valence-electron chi connectivity index (χ0n) is 17.7. The van der Waals surface area contributed by atoms with Crippen LogP contribution in [0.1, 0.15) is 33.7 Å². The Kier molecular flexibility index (Phi) is 4.96. The molecule has 3 fully saturated rings. The smallest absolute Gasteiger partial charge is 0.271 e. The minimum Gasteiger partial charge on any atom is -0.349 e. The summed E-state index contributed by atoms with van der Waals surface area (Å²) in [6.07, 6.45) is 2.67. The Morgan fingerprint density at radius 1 is 1.09 bits per heavy atom. The van der Waals surface area contributed by atoms with Crippen LogP contribution in [-0.4, -0.2) is 75.3 Å². The largest absolute Gasteiger partial charge is 0.349 e. The molecule has 3 saturated heterocycles. The first-order chi connectivity index (χ1) is 15.4. The maximum Gasteiger partial charge on any atom is 0.271 e. The molecule has 166 valence electrons. The number of hydrogen-bond acceptors (Lipinski definition) is 4. The van der Waals surface area contributed by atoms with E-state index in [0.29, 0.717) is 30.6 Å². The van der Waals surface area contributed by atoms with Crippen LogP contribution >= 0.6 is 0 Å². The van der Waals surface area contributed by atoms with Gasteiger partial charge in [0.05, 0.1) is 6.04 Å². The number of benzene rings is 1. The maximum absolute atomic E-state index is 13.5. The minimum atomic E-state index is -0.741. The highest BCUT2D eigenvalue weighted by Gasteiger charge is 2.52. The lowest BCUT2D eigenvalue weighted by Crippen LogP contribution is -2.52. The summed E-state index contributed by atoms with van der Waals surface area (Å²) in [5.41, 5.74) is 1.03. The highest BCUT2D eigenvalue weighted by Crippen LogP contribution is 2.30. The summed E-state index contributed by atoms with van der Waals surface area (Å²) in [5, 5.41) is 5.92. The van der Waals surface area contributed by atoms with Crippen molar-refractivity contribution in [2.45, 2.75) is 37.0 Å². The van der Waals surface area contributed by atoms with Crippen LogP contribution in [0.2, 0.25) is 0 Å². The third-order valence-electron chi connectivity index (χ3n) is 6.66. The summed E-state index contributed by atoms with van der Waals surface area (Å²) in [6, 6.07) is 10.2. The van der Waals surface area contributed by atoms with Crippen LogP contribution in [0.15, 0.2) is 48.7 Å². The number of hydrogen-bond donors (Lipinski definition) is 2. The van der Waals surface area contributed by atoms with E-state index in [4.69, 9.17) is 0 Å². The number of likely N-dealkylation sites (tertiary alicyclic amines) is 1. The summed E-state index contributed by atoms with van der Waals surface area (Å²) >= 11 is 0. The van der Waals surface area contributed by atoms with Crippen LogP contribution in [0.5, 0.6) is 0 Å². The van der Waals surface area contributed by atoms with E-state index >= 15 is 0 Å². The molecule has 2 N–H and O–H groups in total. The van der Waals surface area contributed by atoms with Crippen molar-refractivity contribution in [3.05, 3.63) is 59.9 Å². The highest BCUT2D eigenvalue weighted by atomic mass is 16.2.